The molecule has 112 valence electrons. The quantitative estimate of drug-likeness (QED) is 0.924. The van der Waals surface area contributed by atoms with Gasteiger partial charge in [-0.15, -0.1) is 0 Å². The van der Waals surface area contributed by atoms with Gasteiger partial charge in [-0.25, -0.2) is 0 Å². The Morgan fingerprint density at radius 3 is 2.80 bits per heavy atom. The number of nitrogens with two attached hydrogens (primary N) is 1. The minimum absolute atomic E-state index is 0.122. The van der Waals surface area contributed by atoms with Gasteiger partial charge in [-0.3, -0.25) is 4.90 Å². The fraction of sp³-hybridized carbons (Fsp3) is 0.625. The third kappa shape index (κ3) is 3.11. The normalized spacial score (nSPS) is 25.4. The lowest BCUT2D eigenvalue weighted by atomic mass is 9.91. The molecule has 3 atom stereocenters. The molecular weight excluding hydrogens is 272 g/mol. The van der Waals surface area contributed by atoms with Crippen molar-refractivity contribution in [2.45, 2.75) is 38.8 Å². The van der Waals surface area contributed by atoms with Crippen molar-refractivity contribution in [3.8, 4) is 5.75 Å². The minimum Gasteiger partial charge on any atom is -0.496 e. The number of likely N-dealkylation sites (tertiary alicyclic amines) is 1. The van der Waals surface area contributed by atoms with Crippen molar-refractivity contribution in [2.24, 2.45) is 11.7 Å². The van der Waals surface area contributed by atoms with Crippen LogP contribution in [0.1, 0.15) is 38.3 Å². The van der Waals surface area contributed by atoms with Crippen molar-refractivity contribution in [1.82, 2.24) is 4.90 Å². The van der Waals surface area contributed by atoms with Crippen LogP contribution in [0, 0.1) is 5.92 Å². The Balaban J connectivity index is 2.36. The van der Waals surface area contributed by atoms with Gasteiger partial charge in [0.15, 0.2) is 0 Å². The molecule has 0 spiro atoms. The molecule has 20 heavy (non-hydrogen) atoms. The first-order chi connectivity index (χ1) is 9.58. The van der Waals surface area contributed by atoms with Crippen LogP contribution in [0.5, 0.6) is 5.75 Å². The molecule has 1 aliphatic heterocycles. The summed E-state index contributed by atoms with van der Waals surface area (Å²) in [7, 11) is 1.69. The van der Waals surface area contributed by atoms with Gasteiger partial charge in [0, 0.05) is 29.7 Å². The Morgan fingerprint density at radius 2 is 2.15 bits per heavy atom. The van der Waals surface area contributed by atoms with E-state index in [2.05, 4.69) is 18.7 Å². The molecule has 0 aromatic heterocycles. The predicted octanol–water partition coefficient (Wildman–Crippen LogP) is 3.47. The van der Waals surface area contributed by atoms with Crippen LogP contribution >= 0.6 is 11.6 Å². The molecule has 1 aliphatic rings. The Kier molecular flexibility index (Phi) is 5.30. The van der Waals surface area contributed by atoms with Crippen LogP contribution in [0.3, 0.4) is 0 Å². The Morgan fingerprint density at radius 1 is 1.40 bits per heavy atom. The second-order valence-corrected chi connectivity index (χ2v) is 6.24. The van der Waals surface area contributed by atoms with Crippen LogP contribution in [0.15, 0.2) is 18.2 Å². The molecule has 4 heteroatoms. The first-order valence-electron chi connectivity index (χ1n) is 7.36. The minimum atomic E-state index is 0.122. The van der Waals surface area contributed by atoms with Gasteiger partial charge < -0.3 is 10.5 Å². The largest absolute Gasteiger partial charge is 0.496 e. The van der Waals surface area contributed by atoms with E-state index in [1.54, 1.807) is 7.11 Å². The third-order valence-corrected chi connectivity index (χ3v) is 4.69. The summed E-state index contributed by atoms with van der Waals surface area (Å²) in [5.41, 5.74) is 7.11. The summed E-state index contributed by atoms with van der Waals surface area (Å²) in [6.45, 7) is 6.20. The number of nitrogens with zero attached hydrogens (tertiary/aromatic N) is 1. The van der Waals surface area contributed by atoms with E-state index in [1.807, 2.05) is 18.2 Å². The van der Waals surface area contributed by atoms with Crippen molar-refractivity contribution in [3.05, 3.63) is 28.8 Å². The van der Waals surface area contributed by atoms with Crippen molar-refractivity contribution >= 4 is 11.6 Å². The predicted molar refractivity (Wildman–Crippen MR) is 84.4 cm³/mol. The van der Waals surface area contributed by atoms with E-state index in [4.69, 9.17) is 22.1 Å². The topological polar surface area (TPSA) is 38.5 Å². The molecule has 1 aromatic rings. The molecule has 0 saturated carbocycles. The van der Waals surface area contributed by atoms with Crippen LogP contribution in [-0.2, 0) is 0 Å². The van der Waals surface area contributed by atoms with Crippen LogP contribution in [0.25, 0.3) is 0 Å². The molecule has 1 aromatic carbocycles. The van der Waals surface area contributed by atoms with Crippen LogP contribution in [0.2, 0.25) is 5.02 Å². The molecule has 0 amide bonds. The zero-order valence-electron chi connectivity index (χ0n) is 12.6. The standard InChI is InChI=1S/C16H25ClN2O/c1-11-7-8-12(2)19(10-11)14(9-18)16-13(17)5-4-6-15(16)20-3/h4-6,11-12,14H,7-10,18H2,1-3H3. The summed E-state index contributed by atoms with van der Waals surface area (Å²) in [5, 5.41) is 0.741. The molecule has 2 rings (SSSR count). The van der Waals surface area contributed by atoms with Crippen LogP contribution in [0.4, 0.5) is 0 Å². The van der Waals surface area contributed by atoms with Gasteiger partial charge in [0.05, 0.1) is 13.2 Å². The molecular formula is C16H25ClN2O. The fourth-order valence-electron chi connectivity index (χ4n) is 3.19. The number of halogens is 1. The van der Waals surface area contributed by atoms with E-state index in [0.29, 0.717) is 18.5 Å². The van der Waals surface area contributed by atoms with Crippen molar-refractivity contribution in [2.75, 3.05) is 20.2 Å². The molecule has 3 unspecified atom stereocenters. The molecule has 0 aliphatic carbocycles. The monoisotopic (exact) mass is 296 g/mol. The SMILES string of the molecule is COc1cccc(Cl)c1C(CN)N1CC(C)CCC1C. The Hall–Kier alpha value is -0.770. The van der Waals surface area contributed by atoms with Crippen molar-refractivity contribution < 1.29 is 4.74 Å². The van der Waals surface area contributed by atoms with Gasteiger partial charge >= 0.3 is 0 Å². The highest BCUT2D eigenvalue weighted by Crippen LogP contribution is 2.38. The second-order valence-electron chi connectivity index (χ2n) is 5.84. The van der Waals surface area contributed by atoms with Gasteiger partial charge in [-0.1, -0.05) is 24.6 Å². The molecule has 1 saturated heterocycles. The lowest BCUT2D eigenvalue weighted by Gasteiger charge is -2.42. The maximum Gasteiger partial charge on any atom is 0.125 e. The van der Waals surface area contributed by atoms with Crippen molar-refractivity contribution in [3.63, 3.8) is 0 Å². The molecule has 3 nitrogen and oxygen atoms in total. The van der Waals surface area contributed by atoms with E-state index < -0.39 is 0 Å². The summed E-state index contributed by atoms with van der Waals surface area (Å²) in [4.78, 5) is 2.48. The maximum absolute atomic E-state index is 6.42. The summed E-state index contributed by atoms with van der Waals surface area (Å²) < 4.78 is 5.50. The van der Waals surface area contributed by atoms with Crippen LogP contribution < -0.4 is 10.5 Å². The summed E-state index contributed by atoms with van der Waals surface area (Å²) in [6.07, 6.45) is 2.50. The number of ether oxygens (including phenoxy) is 1. The zero-order valence-corrected chi connectivity index (χ0v) is 13.4. The van der Waals surface area contributed by atoms with Crippen LogP contribution in [-0.4, -0.2) is 31.1 Å². The Labute approximate surface area is 127 Å². The van der Waals surface area contributed by atoms with Gasteiger partial charge in [0.25, 0.3) is 0 Å². The molecule has 2 N–H and O–H groups in total. The highest BCUT2D eigenvalue weighted by atomic mass is 35.5. The second kappa shape index (κ2) is 6.79. The molecule has 1 heterocycles. The fourth-order valence-corrected chi connectivity index (χ4v) is 3.49. The van der Waals surface area contributed by atoms with Gasteiger partial charge in [0.1, 0.15) is 5.75 Å². The number of piperidine rings is 1. The van der Waals surface area contributed by atoms with Gasteiger partial charge in [-0.2, -0.15) is 0 Å². The number of hydrogen-bond acceptors (Lipinski definition) is 3. The van der Waals surface area contributed by atoms with Crippen molar-refractivity contribution in [1.29, 1.82) is 0 Å². The van der Waals surface area contributed by atoms with E-state index in [-0.39, 0.29) is 6.04 Å². The smallest absolute Gasteiger partial charge is 0.125 e. The molecule has 1 fully saturated rings. The highest BCUT2D eigenvalue weighted by Gasteiger charge is 2.31. The number of benzene rings is 1. The maximum atomic E-state index is 6.42. The number of hydrogen-bond donors (Lipinski definition) is 1. The summed E-state index contributed by atoms with van der Waals surface area (Å²) >= 11 is 6.42. The Bertz CT molecular complexity index is 452. The van der Waals surface area contributed by atoms with Gasteiger partial charge in [-0.05, 0) is 37.8 Å². The van der Waals surface area contributed by atoms with Gasteiger partial charge in [0.2, 0.25) is 0 Å². The average molecular weight is 297 g/mol. The number of methoxy groups -OCH3 is 1. The lowest BCUT2D eigenvalue weighted by molar-refractivity contribution is 0.0786. The summed E-state index contributed by atoms with van der Waals surface area (Å²) in [5.74, 6) is 1.53. The third-order valence-electron chi connectivity index (χ3n) is 4.36. The first-order valence-corrected chi connectivity index (χ1v) is 7.74. The molecule has 0 bridgehead atoms. The van der Waals surface area contributed by atoms with E-state index >= 15 is 0 Å². The number of rotatable bonds is 4. The molecule has 0 radical (unpaired) electrons. The highest BCUT2D eigenvalue weighted by molar-refractivity contribution is 6.31. The van der Waals surface area contributed by atoms with E-state index in [0.717, 1.165) is 22.9 Å². The van der Waals surface area contributed by atoms with E-state index in [9.17, 15) is 0 Å². The first kappa shape index (κ1) is 15.6. The average Bonchev–Trinajstić information content (AvgIpc) is 2.44. The summed E-state index contributed by atoms with van der Waals surface area (Å²) in [6, 6.07) is 6.44. The zero-order chi connectivity index (χ0) is 14.7. The lowest BCUT2D eigenvalue weighted by Crippen LogP contribution is -2.45. The van der Waals surface area contributed by atoms with E-state index in [1.165, 1.54) is 12.8 Å².